The first kappa shape index (κ1) is 13.0. The summed E-state index contributed by atoms with van der Waals surface area (Å²) in [7, 11) is 0. The van der Waals surface area contributed by atoms with E-state index in [9.17, 15) is 4.79 Å². The highest BCUT2D eigenvalue weighted by atomic mass is 32.1. The molecule has 1 aromatic carbocycles. The van der Waals surface area contributed by atoms with Crippen molar-refractivity contribution in [2.75, 3.05) is 13.2 Å². The molecule has 1 amide bonds. The molecule has 0 aliphatic carbocycles. The monoisotopic (exact) mass is 241 g/mol. The summed E-state index contributed by atoms with van der Waals surface area (Å²) >= 11 is 4.14. The molecule has 0 aliphatic heterocycles. The van der Waals surface area contributed by atoms with Gasteiger partial charge < -0.3 is 15.5 Å². The van der Waals surface area contributed by atoms with Gasteiger partial charge in [0.2, 0.25) is 5.91 Å². The van der Waals surface area contributed by atoms with Gasteiger partial charge in [-0.1, -0.05) is 12.1 Å². The maximum Gasteiger partial charge on any atom is 0.224 e. The van der Waals surface area contributed by atoms with Crippen molar-refractivity contribution < 1.29 is 15.0 Å². The molecule has 1 aromatic rings. The molecule has 0 fully saturated rings. The average Bonchev–Trinajstić information content (AvgIpc) is 2.29. The fourth-order valence-electron chi connectivity index (χ4n) is 1.23. The number of hydrogen-bond donors (Lipinski definition) is 4. The Morgan fingerprint density at radius 3 is 2.31 bits per heavy atom. The summed E-state index contributed by atoms with van der Waals surface area (Å²) in [5.41, 5.74) is 0.866. The van der Waals surface area contributed by atoms with Crippen molar-refractivity contribution in [3.63, 3.8) is 0 Å². The van der Waals surface area contributed by atoms with Crippen molar-refractivity contribution in [1.82, 2.24) is 5.32 Å². The van der Waals surface area contributed by atoms with Crippen LogP contribution in [0.25, 0.3) is 0 Å². The summed E-state index contributed by atoms with van der Waals surface area (Å²) in [6.07, 6.45) is 0.227. The zero-order valence-electron chi connectivity index (χ0n) is 8.76. The van der Waals surface area contributed by atoms with Crippen LogP contribution in [-0.2, 0) is 11.2 Å². The molecule has 0 radical (unpaired) electrons. The van der Waals surface area contributed by atoms with Crippen LogP contribution < -0.4 is 5.32 Å². The van der Waals surface area contributed by atoms with Crippen LogP contribution >= 0.6 is 12.6 Å². The number of nitrogens with one attached hydrogen (secondary N) is 1. The third kappa shape index (κ3) is 4.22. The number of aliphatic hydroxyl groups excluding tert-OH is 2. The normalized spacial score (nSPS) is 10.5. The third-order valence-corrected chi connectivity index (χ3v) is 2.41. The minimum absolute atomic E-state index is 0.222. The number of rotatable bonds is 5. The van der Waals surface area contributed by atoms with Gasteiger partial charge in [-0.25, -0.2) is 0 Å². The van der Waals surface area contributed by atoms with Crippen LogP contribution in [0.3, 0.4) is 0 Å². The number of carbonyl (C=O) groups excluding carboxylic acids is 1. The van der Waals surface area contributed by atoms with Gasteiger partial charge in [-0.3, -0.25) is 4.79 Å². The predicted octanol–water partition coefficient (Wildman–Crippen LogP) is -0.0128. The lowest BCUT2D eigenvalue weighted by Crippen LogP contribution is -2.40. The van der Waals surface area contributed by atoms with Gasteiger partial charge in [0, 0.05) is 4.90 Å². The summed E-state index contributed by atoms with van der Waals surface area (Å²) in [5, 5.41) is 20.1. The van der Waals surface area contributed by atoms with E-state index in [1.807, 2.05) is 12.1 Å². The highest BCUT2D eigenvalue weighted by Crippen LogP contribution is 2.08. The fraction of sp³-hybridized carbons (Fsp3) is 0.364. The minimum atomic E-state index is -0.586. The molecular formula is C11H15NO3S. The predicted molar refractivity (Wildman–Crippen MR) is 63.5 cm³/mol. The lowest BCUT2D eigenvalue weighted by molar-refractivity contribution is -0.121. The van der Waals surface area contributed by atoms with Crippen LogP contribution in [0.1, 0.15) is 5.56 Å². The van der Waals surface area contributed by atoms with E-state index in [0.717, 1.165) is 10.5 Å². The van der Waals surface area contributed by atoms with Gasteiger partial charge in [-0.15, -0.1) is 12.6 Å². The van der Waals surface area contributed by atoms with Crippen molar-refractivity contribution in [1.29, 1.82) is 0 Å². The Labute approximate surface area is 99.7 Å². The molecule has 1 rings (SSSR count). The molecule has 0 aliphatic rings. The molecule has 16 heavy (non-hydrogen) atoms. The van der Waals surface area contributed by atoms with Gasteiger partial charge in [0.15, 0.2) is 0 Å². The number of benzene rings is 1. The van der Waals surface area contributed by atoms with Crippen molar-refractivity contribution in [2.45, 2.75) is 17.4 Å². The SMILES string of the molecule is O=C(Cc1ccc(S)cc1)NC(CO)CO. The number of amides is 1. The number of thiol groups is 1. The van der Waals surface area contributed by atoms with E-state index in [2.05, 4.69) is 17.9 Å². The molecule has 0 heterocycles. The molecule has 0 aromatic heterocycles. The number of aliphatic hydroxyl groups is 2. The Morgan fingerprint density at radius 2 is 1.81 bits per heavy atom. The quantitative estimate of drug-likeness (QED) is 0.548. The van der Waals surface area contributed by atoms with Crippen molar-refractivity contribution in [2.24, 2.45) is 0 Å². The molecule has 0 atom stereocenters. The molecule has 5 heteroatoms. The maximum absolute atomic E-state index is 11.5. The Hall–Kier alpha value is -1.04. The zero-order valence-corrected chi connectivity index (χ0v) is 9.65. The Morgan fingerprint density at radius 1 is 1.25 bits per heavy atom. The first-order valence-corrected chi connectivity index (χ1v) is 5.39. The second-order valence-electron chi connectivity index (χ2n) is 3.47. The van der Waals surface area contributed by atoms with E-state index in [-0.39, 0.29) is 25.5 Å². The second kappa shape index (κ2) is 6.52. The van der Waals surface area contributed by atoms with Crippen LogP contribution in [0.15, 0.2) is 29.2 Å². The van der Waals surface area contributed by atoms with E-state index in [4.69, 9.17) is 10.2 Å². The molecule has 0 saturated carbocycles. The highest BCUT2D eigenvalue weighted by molar-refractivity contribution is 7.80. The average molecular weight is 241 g/mol. The fourth-order valence-corrected chi connectivity index (χ4v) is 1.38. The first-order chi connectivity index (χ1) is 7.65. The molecule has 0 bridgehead atoms. The number of carbonyl (C=O) groups is 1. The largest absolute Gasteiger partial charge is 0.394 e. The Balaban J connectivity index is 2.48. The molecule has 0 saturated heterocycles. The summed E-state index contributed by atoms with van der Waals surface area (Å²) < 4.78 is 0. The van der Waals surface area contributed by atoms with Crippen LogP contribution in [0.5, 0.6) is 0 Å². The van der Waals surface area contributed by atoms with Gasteiger partial charge in [0.25, 0.3) is 0 Å². The molecule has 88 valence electrons. The molecule has 0 spiro atoms. The summed E-state index contributed by atoms with van der Waals surface area (Å²) in [4.78, 5) is 12.3. The topological polar surface area (TPSA) is 69.6 Å². The van der Waals surface area contributed by atoms with Gasteiger partial charge >= 0.3 is 0 Å². The van der Waals surface area contributed by atoms with E-state index in [1.54, 1.807) is 12.1 Å². The molecule has 4 nitrogen and oxygen atoms in total. The van der Waals surface area contributed by atoms with Crippen LogP contribution in [0, 0.1) is 0 Å². The van der Waals surface area contributed by atoms with Gasteiger partial charge in [-0.05, 0) is 17.7 Å². The summed E-state index contributed by atoms with van der Waals surface area (Å²) in [6.45, 7) is -0.532. The van der Waals surface area contributed by atoms with Crippen LogP contribution in [0.4, 0.5) is 0 Å². The smallest absolute Gasteiger partial charge is 0.224 e. The maximum atomic E-state index is 11.5. The van der Waals surface area contributed by atoms with Crippen LogP contribution in [0.2, 0.25) is 0 Å². The molecular weight excluding hydrogens is 226 g/mol. The van der Waals surface area contributed by atoms with Gasteiger partial charge in [0.05, 0.1) is 25.7 Å². The third-order valence-electron chi connectivity index (χ3n) is 2.11. The second-order valence-corrected chi connectivity index (χ2v) is 3.99. The lowest BCUT2D eigenvalue weighted by Gasteiger charge is -2.13. The van der Waals surface area contributed by atoms with E-state index >= 15 is 0 Å². The first-order valence-electron chi connectivity index (χ1n) is 4.94. The molecule has 3 N–H and O–H groups in total. The number of hydrogen-bond acceptors (Lipinski definition) is 4. The zero-order chi connectivity index (χ0) is 12.0. The van der Waals surface area contributed by atoms with E-state index in [0.29, 0.717) is 0 Å². The highest BCUT2D eigenvalue weighted by Gasteiger charge is 2.10. The van der Waals surface area contributed by atoms with Crippen molar-refractivity contribution >= 4 is 18.5 Å². The summed E-state index contributed by atoms with van der Waals surface area (Å²) in [6, 6.07) is 6.66. The van der Waals surface area contributed by atoms with Gasteiger partial charge in [-0.2, -0.15) is 0 Å². The summed E-state index contributed by atoms with van der Waals surface area (Å²) in [5.74, 6) is -0.222. The van der Waals surface area contributed by atoms with E-state index in [1.165, 1.54) is 0 Å². The van der Waals surface area contributed by atoms with Crippen molar-refractivity contribution in [3.8, 4) is 0 Å². The molecule has 0 unspecified atom stereocenters. The van der Waals surface area contributed by atoms with Crippen LogP contribution in [-0.4, -0.2) is 35.4 Å². The lowest BCUT2D eigenvalue weighted by atomic mass is 10.1. The Bertz CT molecular complexity index is 336. The Kier molecular flexibility index (Phi) is 5.31. The minimum Gasteiger partial charge on any atom is -0.394 e. The standard InChI is InChI=1S/C11H15NO3S/c13-6-9(7-14)12-11(15)5-8-1-3-10(16)4-2-8/h1-4,9,13-14,16H,5-7H2,(H,12,15). The van der Waals surface area contributed by atoms with Gasteiger partial charge in [0.1, 0.15) is 0 Å². The van der Waals surface area contributed by atoms with Crippen molar-refractivity contribution in [3.05, 3.63) is 29.8 Å². The van der Waals surface area contributed by atoms with E-state index < -0.39 is 6.04 Å².